The van der Waals surface area contributed by atoms with Gasteiger partial charge in [-0.2, -0.15) is 0 Å². The zero-order valence-corrected chi connectivity index (χ0v) is 16.4. The molecule has 0 aliphatic rings. The molecule has 0 bridgehead atoms. The smallest absolute Gasteiger partial charge is 0.324 e. The van der Waals surface area contributed by atoms with Crippen LogP contribution in [0.1, 0.15) is 17.0 Å². The van der Waals surface area contributed by atoms with Gasteiger partial charge in [0.15, 0.2) is 5.65 Å². The van der Waals surface area contributed by atoms with Crippen LogP contribution in [0.25, 0.3) is 17.0 Å². The normalized spacial score (nSPS) is 11.0. The van der Waals surface area contributed by atoms with Crippen molar-refractivity contribution in [3.05, 3.63) is 76.1 Å². The Balaban J connectivity index is 1.65. The molecule has 0 spiro atoms. The molecule has 0 aliphatic carbocycles. The molecular formula is C21H20N6O2. The number of amides is 1. The summed E-state index contributed by atoms with van der Waals surface area (Å²) in [7, 11) is 0. The van der Waals surface area contributed by atoms with Crippen LogP contribution in [0.5, 0.6) is 0 Å². The van der Waals surface area contributed by atoms with Crippen LogP contribution >= 0.6 is 0 Å². The maximum Gasteiger partial charge on any atom is 0.352 e. The lowest BCUT2D eigenvalue weighted by atomic mass is 10.1. The minimum atomic E-state index is -0.409. The predicted molar refractivity (Wildman–Crippen MR) is 110 cm³/mol. The summed E-state index contributed by atoms with van der Waals surface area (Å²) in [6, 6.07) is 13.0. The van der Waals surface area contributed by atoms with Crippen molar-refractivity contribution in [3.63, 3.8) is 0 Å². The Morgan fingerprint density at radius 2 is 1.90 bits per heavy atom. The van der Waals surface area contributed by atoms with Crippen molar-refractivity contribution in [2.75, 3.05) is 5.32 Å². The quantitative estimate of drug-likeness (QED) is 0.580. The second-order valence-corrected chi connectivity index (χ2v) is 6.90. The molecule has 8 nitrogen and oxygen atoms in total. The Morgan fingerprint density at radius 1 is 1.07 bits per heavy atom. The third-order valence-electron chi connectivity index (χ3n) is 4.62. The van der Waals surface area contributed by atoms with Crippen molar-refractivity contribution in [1.82, 2.24) is 24.1 Å². The molecule has 0 radical (unpaired) electrons. The average Bonchev–Trinajstić information content (AvgIpc) is 3.01. The van der Waals surface area contributed by atoms with Crippen LogP contribution in [0.4, 0.5) is 5.69 Å². The van der Waals surface area contributed by atoms with Gasteiger partial charge in [-0.25, -0.2) is 18.9 Å². The fourth-order valence-corrected chi connectivity index (χ4v) is 3.15. The van der Waals surface area contributed by atoms with Gasteiger partial charge in [-0.1, -0.05) is 18.2 Å². The number of rotatable bonds is 4. The number of hydrogen-bond donors (Lipinski definition) is 1. The second kappa shape index (κ2) is 7.31. The molecule has 4 aromatic rings. The van der Waals surface area contributed by atoms with Gasteiger partial charge in [0.25, 0.3) is 0 Å². The fourth-order valence-electron chi connectivity index (χ4n) is 3.15. The van der Waals surface area contributed by atoms with E-state index in [-0.39, 0.29) is 12.5 Å². The van der Waals surface area contributed by atoms with Gasteiger partial charge in [-0.3, -0.25) is 9.78 Å². The number of carbonyl (C=O) groups is 1. The maximum atomic E-state index is 12.7. The SMILES string of the molecule is Cc1ccc(C)c(NC(=O)Cn2nc3cc(-c4ccccn4)nc(C)n3c2=O)c1. The van der Waals surface area contributed by atoms with Crippen LogP contribution in [-0.2, 0) is 11.3 Å². The Labute approximate surface area is 166 Å². The summed E-state index contributed by atoms with van der Waals surface area (Å²) in [6.07, 6.45) is 1.68. The average molecular weight is 388 g/mol. The van der Waals surface area contributed by atoms with Gasteiger partial charge in [0.1, 0.15) is 12.4 Å². The molecular weight excluding hydrogens is 368 g/mol. The lowest BCUT2D eigenvalue weighted by molar-refractivity contribution is -0.117. The Morgan fingerprint density at radius 3 is 2.66 bits per heavy atom. The number of pyridine rings is 1. The van der Waals surface area contributed by atoms with Gasteiger partial charge in [-0.05, 0) is 50.1 Å². The zero-order valence-electron chi connectivity index (χ0n) is 16.4. The highest BCUT2D eigenvalue weighted by atomic mass is 16.2. The van der Waals surface area contributed by atoms with Crippen LogP contribution in [-0.4, -0.2) is 30.1 Å². The molecule has 0 fully saturated rings. The van der Waals surface area contributed by atoms with Crippen LogP contribution in [0, 0.1) is 20.8 Å². The number of carbonyl (C=O) groups excluding carboxylic acids is 1. The van der Waals surface area contributed by atoms with E-state index in [1.807, 2.05) is 50.2 Å². The first-order chi connectivity index (χ1) is 13.9. The van der Waals surface area contributed by atoms with E-state index in [1.165, 1.54) is 4.40 Å². The standard InChI is InChI=1S/C21H20N6O2/c1-13-7-8-14(2)17(10-13)24-20(28)12-26-21(29)27-15(3)23-18(11-19(27)25-26)16-6-4-5-9-22-16/h4-11H,12H2,1-3H3,(H,24,28). The number of aromatic nitrogens is 5. The molecule has 8 heteroatoms. The number of benzene rings is 1. The first kappa shape index (κ1) is 18.5. The second-order valence-electron chi connectivity index (χ2n) is 6.90. The number of fused-ring (bicyclic) bond motifs is 1. The molecule has 4 rings (SSSR count). The number of nitrogens with zero attached hydrogens (tertiary/aromatic N) is 5. The molecule has 3 heterocycles. The largest absolute Gasteiger partial charge is 0.352 e. The van der Waals surface area contributed by atoms with Crippen LogP contribution in [0.3, 0.4) is 0 Å². The van der Waals surface area contributed by atoms with Crippen molar-refractivity contribution in [3.8, 4) is 11.4 Å². The van der Waals surface area contributed by atoms with E-state index in [0.717, 1.165) is 21.5 Å². The van der Waals surface area contributed by atoms with Gasteiger partial charge >= 0.3 is 5.69 Å². The lowest BCUT2D eigenvalue weighted by Crippen LogP contribution is -2.29. The molecule has 0 aliphatic heterocycles. The van der Waals surface area contributed by atoms with Crippen molar-refractivity contribution in [2.45, 2.75) is 27.3 Å². The molecule has 0 saturated carbocycles. The predicted octanol–water partition coefficient (Wildman–Crippen LogP) is 2.52. The molecule has 146 valence electrons. The number of aryl methyl sites for hydroxylation is 3. The van der Waals surface area contributed by atoms with E-state index < -0.39 is 5.69 Å². The highest BCUT2D eigenvalue weighted by Gasteiger charge is 2.15. The number of hydrogen-bond acceptors (Lipinski definition) is 5. The van der Waals surface area contributed by atoms with Crippen molar-refractivity contribution in [2.24, 2.45) is 0 Å². The van der Waals surface area contributed by atoms with Gasteiger partial charge in [0.2, 0.25) is 5.91 Å². The molecule has 3 aromatic heterocycles. The highest BCUT2D eigenvalue weighted by Crippen LogP contribution is 2.17. The minimum absolute atomic E-state index is 0.188. The Kier molecular flexibility index (Phi) is 4.67. The first-order valence-corrected chi connectivity index (χ1v) is 9.18. The van der Waals surface area contributed by atoms with Crippen LogP contribution < -0.4 is 11.0 Å². The van der Waals surface area contributed by atoms with E-state index in [1.54, 1.807) is 19.2 Å². The number of nitrogens with one attached hydrogen (secondary N) is 1. The maximum absolute atomic E-state index is 12.7. The molecule has 1 amide bonds. The topological polar surface area (TPSA) is 94.2 Å². The zero-order chi connectivity index (χ0) is 20.5. The molecule has 0 atom stereocenters. The Bertz CT molecular complexity index is 1270. The monoisotopic (exact) mass is 388 g/mol. The summed E-state index contributed by atoms with van der Waals surface area (Å²) in [4.78, 5) is 34.0. The van der Waals surface area contributed by atoms with Crippen LogP contribution in [0.15, 0.2) is 53.5 Å². The van der Waals surface area contributed by atoms with Gasteiger partial charge in [0.05, 0.1) is 11.4 Å². The summed E-state index contributed by atoms with van der Waals surface area (Å²) in [5, 5.41) is 7.17. The van der Waals surface area contributed by atoms with Crippen molar-refractivity contribution < 1.29 is 4.79 Å². The summed E-state index contributed by atoms with van der Waals surface area (Å²) < 4.78 is 2.53. The molecule has 0 unspecified atom stereocenters. The van der Waals surface area contributed by atoms with Gasteiger partial charge in [0, 0.05) is 18.0 Å². The fraction of sp³-hybridized carbons (Fsp3) is 0.190. The van der Waals surface area contributed by atoms with E-state index >= 15 is 0 Å². The van der Waals surface area contributed by atoms with Gasteiger partial charge < -0.3 is 5.32 Å². The van der Waals surface area contributed by atoms with E-state index in [2.05, 4.69) is 20.4 Å². The van der Waals surface area contributed by atoms with E-state index in [9.17, 15) is 9.59 Å². The summed E-state index contributed by atoms with van der Waals surface area (Å²) in [6.45, 7) is 5.41. The highest BCUT2D eigenvalue weighted by molar-refractivity contribution is 5.91. The van der Waals surface area contributed by atoms with E-state index in [4.69, 9.17) is 0 Å². The molecule has 0 saturated heterocycles. The third-order valence-corrected chi connectivity index (χ3v) is 4.62. The minimum Gasteiger partial charge on any atom is -0.324 e. The number of anilines is 1. The molecule has 1 aromatic carbocycles. The van der Waals surface area contributed by atoms with Crippen LogP contribution in [0.2, 0.25) is 0 Å². The third kappa shape index (κ3) is 3.64. The first-order valence-electron chi connectivity index (χ1n) is 9.18. The van der Waals surface area contributed by atoms with Crippen molar-refractivity contribution >= 4 is 17.2 Å². The van der Waals surface area contributed by atoms with Crippen molar-refractivity contribution in [1.29, 1.82) is 0 Å². The summed E-state index contributed by atoms with van der Waals surface area (Å²) in [5.74, 6) is 0.161. The lowest BCUT2D eigenvalue weighted by Gasteiger charge is -2.08. The van der Waals surface area contributed by atoms with E-state index in [0.29, 0.717) is 22.9 Å². The van der Waals surface area contributed by atoms with Gasteiger partial charge in [-0.15, -0.1) is 5.10 Å². The molecule has 1 N–H and O–H groups in total. The summed E-state index contributed by atoms with van der Waals surface area (Å²) in [5.41, 5.74) is 4.03. The Hall–Kier alpha value is -3.81. The molecule has 29 heavy (non-hydrogen) atoms. The summed E-state index contributed by atoms with van der Waals surface area (Å²) >= 11 is 0.